The third-order valence-electron chi connectivity index (χ3n) is 4.46. The van der Waals surface area contributed by atoms with Gasteiger partial charge in [0.1, 0.15) is 0 Å². The molecule has 0 radical (unpaired) electrons. The number of carbonyl (C=O) groups excluding carboxylic acids is 1. The van der Waals surface area contributed by atoms with E-state index in [9.17, 15) is 4.79 Å². The van der Waals surface area contributed by atoms with Crippen LogP contribution in [0.2, 0.25) is 5.02 Å². The van der Waals surface area contributed by atoms with Gasteiger partial charge in [0.25, 0.3) is 5.91 Å². The van der Waals surface area contributed by atoms with E-state index in [2.05, 4.69) is 37.1 Å². The molecule has 2 N–H and O–H groups in total. The Labute approximate surface area is 138 Å². The fraction of sp³-hybridized carbons (Fsp3) is 0.588. The average Bonchev–Trinajstić information content (AvgIpc) is 2.48. The molecule has 2 rings (SSSR count). The van der Waals surface area contributed by atoms with Gasteiger partial charge in [0, 0.05) is 6.04 Å². The highest BCUT2D eigenvalue weighted by atomic mass is 35.5. The van der Waals surface area contributed by atoms with Crippen LogP contribution in [0.3, 0.4) is 0 Å². The molecule has 1 aliphatic heterocycles. The van der Waals surface area contributed by atoms with Gasteiger partial charge in [-0.3, -0.25) is 4.79 Å². The molecule has 1 aliphatic rings. The second-order valence-electron chi connectivity index (χ2n) is 6.47. The van der Waals surface area contributed by atoms with E-state index < -0.39 is 0 Å². The van der Waals surface area contributed by atoms with Crippen molar-refractivity contribution in [3.63, 3.8) is 0 Å². The number of quaternary nitrogens is 1. The third kappa shape index (κ3) is 4.62. The summed E-state index contributed by atoms with van der Waals surface area (Å²) in [5.74, 6) is 0.624. The number of halogens is 1. The summed E-state index contributed by atoms with van der Waals surface area (Å²) in [5.41, 5.74) is 1.10. The molecule has 0 unspecified atom stereocenters. The number of anilines is 1. The number of rotatable bonds is 5. The minimum absolute atomic E-state index is 0.155. The largest absolute Gasteiger partial charge is 0.359 e. The van der Waals surface area contributed by atoms with Crippen molar-refractivity contribution in [1.29, 1.82) is 0 Å². The highest BCUT2D eigenvalue weighted by molar-refractivity contribution is 6.33. The van der Waals surface area contributed by atoms with Crippen molar-refractivity contribution >= 4 is 23.2 Å². The molecule has 1 aromatic rings. The molecular formula is C17H27ClN3O+. The minimum atomic E-state index is 0.155. The Bertz CT molecular complexity index is 498. The second-order valence-corrected chi connectivity index (χ2v) is 6.87. The van der Waals surface area contributed by atoms with E-state index in [4.69, 9.17) is 11.6 Å². The fourth-order valence-electron chi connectivity index (χ4n) is 2.65. The van der Waals surface area contributed by atoms with Crippen LogP contribution in [0.25, 0.3) is 0 Å². The Morgan fingerprint density at radius 1 is 1.27 bits per heavy atom. The van der Waals surface area contributed by atoms with Crippen LogP contribution in [0, 0.1) is 5.92 Å². The van der Waals surface area contributed by atoms with Gasteiger partial charge in [0.15, 0.2) is 6.54 Å². The lowest BCUT2D eigenvalue weighted by molar-refractivity contribution is -0.892. The first-order valence-electron chi connectivity index (χ1n) is 8.09. The Balaban J connectivity index is 1.80. The van der Waals surface area contributed by atoms with Gasteiger partial charge >= 0.3 is 0 Å². The van der Waals surface area contributed by atoms with Crippen LogP contribution >= 0.6 is 11.6 Å². The van der Waals surface area contributed by atoms with E-state index in [-0.39, 0.29) is 11.9 Å². The lowest BCUT2D eigenvalue weighted by Crippen LogP contribution is -3.16. The summed E-state index contributed by atoms with van der Waals surface area (Å²) in [5, 5.41) is 3.88. The maximum Gasteiger partial charge on any atom is 0.275 e. The summed E-state index contributed by atoms with van der Waals surface area (Å²) in [6.07, 6.45) is 0. The topological polar surface area (TPSA) is 36.8 Å². The molecule has 5 heteroatoms. The van der Waals surface area contributed by atoms with Crippen LogP contribution in [-0.2, 0) is 4.79 Å². The lowest BCUT2D eigenvalue weighted by atomic mass is 10.1. The van der Waals surface area contributed by atoms with E-state index in [1.807, 2.05) is 18.2 Å². The van der Waals surface area contributed by atoms with Gasteiger partial charge in [-0.05, 0) is 25.0 Å². The zero-order chi connectivity index (χ0) is 16.1. The Kier molecular flexibility index (Phi) is 6.09. The zero-order valence-corrected chi connectivity index (χ0v) is 14.5. The number of benzene rings is 1. The second kappa shape index (κ2) is 7.84. The third-order valence-corrected chi connectivity index (χ3v) is 4.78. The van der Waals surface area contributed by atoms with Gasteiger partial charge in [-0.1, -0.05) is 37.6 Å². The first-order valence-corrected chi connectivity index (χ1v) is 8.47. The van der Waals surface area contributed by atoms with Crippen molar-refractivity contribution in [2.45, 2.75) is 26.8 Å². The van der Waals surface area contributed by atoms with Crippen LogP contribution in [0.1, 0.15) is 20.8 Å². The minimum Gasteiger partial charge on any atom is -0.359 e. The van der Waals surface area contributed by atoms with Gasteiger partial charge in [0.2, 0.25) is 0 Å². The van der Waals surface area contributed by atoms with Gasteiger partial charge < -0.3 is 15.1 Å². The van der Waals surface area contributed by atoms with Crippen LogP contribution < -0.4 is 15.1 Å². The molecule has 22 heavy (non-hydrogen) atoms. The maximum absolute atomic E-state index is 12.1. The molecule has 122 valence electrons. The molecule has 1 aromatic carbocycles. The molecule has 1 amide bonds. The Hall–Kier alpha value is -1.26. The summed E-state index contributed by atoms with van der Waals surface area (Å²) in [6, 6.07) is 8.19. The van der Waals surface area contributed by atoms with E-state index in [0.29, 0.717) is 12.5 Å². The molecule has 1 heterocycles. The normalized spacial score (nSPS) is 17.6. The molecule has 0 saturated carbocycles. The summed E-state index contributed by atoms with van der Waals surface area (Å²) in [4.78, 5) is 15.7. The molecule has 0 aliphatic carbocycles. The Morgan fingerprint density at radius 3 is 2.50 bits per heavy atom. The van der Waals surface area contributed by atoms with Crippen molar-refractivity contribution in [2.24, 2.45) is 5.92 Å². The number of hydrogen-bond acceptors (Lipinski definition) is 2. The number of para-hydroxylation sites is 1. The smallest absolute Gasteiger partial charge is 0.275 e. The van der Waals surface area contributed by atoms with Crippen LogP contribution in [0.5, 0.6) is 0 Å². The predicted molar refractivity (Wildman–Crippen MR) is 91.7 cm³/mol. The highest BCUT2D eigenvalue weighted by Crippen LogP contribution is 2.24. The van der Waals surface area contributed by atoms with Crippen LogP contribution in [-0.4, -0.2) is 44.7 Å². The molecule has 0 aromatic heterocycles. The molecule has 0 spiro atoms. The van der Waals surface area contributed by atoms with E-state index >= 15 is 0 Å². The van der Waals surface area contributed by atoms with Gasteiger partial charge in [-0.2, -0.15) is 0 Å². The molecule has 1 atom stereocenters. The number of hydrogen-bond donors (Lipinski definition) is 2. The highest BCUT2D eigenvalue weighted by Gasteiger charge is 2.24. The number of piperazine rings is 1. The lowest BCUT2D eigenvalue weighted by Gasteiger charge is -2.34. The van der Waals surface area contributed by atoms with E-state index in [0.717, 1.165) is 36.9 Å². The number of nitrogens with one attached hydrogen (secondary N) is 2. The summed E-state index contributed by atoms with van der Waals surface area (Å²) in [6.45, 7) is 10.7. The van der Waals surface area contributed by atoms with Crippen LogP contribution in [0.4, 0.5) is 5.69 Å². The van der Waals surface area contributed by atoms with Crippen molar-refractivity contribution in [3.8, 4) is 0 Å². The quantitative estimate of drug-likeness (QED) is 0.854. The van der Waals surface area contributed by atoms with Gasteiger partial charge in [0.05, 0.1) is 36.9 Å². The van der Waals surface area contributed by atoms with Crippen LogP contribution in [0.15, 0.2) is 24.3 Å². The van der Waals surface area contributed by atoms with Crippen molar-refractivity contribution in [1.82, 2.24) is 5.32 Å². The van der Waals surface area contributed by atoms with Gasteiger partial charge in [-0.25, -0.2) is 0 Å². The predicted octanol–water partition coefficient (Wildman–Crippen LogP) is 1.21. The van der Waals surface area contributed by atoms with E-state index in [1.54, 1.807) is 0 Å². The monoisotopic (exact) mass is 324 g/mol. The number of nitrogens with zero attached hydrogens (tertiary/aromatic N) is 1. The first kappa shape index (κ1) is 17.1. The molecule has 0 bridgehead atoms. The number of amides is 1. The molecular weight excluding hydrogens is 298 g/mol. The molecule has 4 nitrogen and oxygen atoms in total. The van der Waals surface area contributed by atoms with Crippen molar-refractivity contribution in [3.05, 3.63) is 29.3 Å². The summed E-state index contributed by atoms with van der Waals surface area (Å²) in [7, 11) is 0. The number of carbonyl (C=O) groups is 1. The SMILES string of the molecule is CC(C)[C@@H](C)NC(=O)C[NH+]1CCN(c2ccccc2Cl)CC1. The molecule has 1 fully saturated rings. The fourth-order valence-corrected chi connectivity index (χ4v) is 2.90. The maximum atomic E-state index is 12.1. The first-order chi connectivity index (χ1) is 10.5. The van der Waals surface area contributed by atoms with Gasteiger partial charge in [-0.15, -0.1) is 0 Å². The van der Waals surface area contributed by atoms with Crippen molar-refractivity contribution in [2.75, 3.05) is 37.6 Å². The molecule has 1 saturated heterocycles. The summed E-state index contributed by atoms with van der Waals surface area (Å²) >= 11 is 6.25. The van der Waals surface area contributed by atoms with E-state index in [1.165, 1.54) is 4.90 Å². The average molecular weight is 325 g/mol. The van der Waals surface area contributed by atoms with Crippen molar-refractivity contribution < 1.29 is 9.69 Å². The Morgan fingerprint density at radius 2 is 1.91 bits per heavy atom. The zero-order valence-electron chi connectivity index (χ0n) is 13.7. The summed E-state index contributed by atoms with van der Waals surface area (Å²) < 4.78 is 0. The standard InChI is InChI=1S/C17H26ClN3O/c1-13(2)14(3)19-17(22)12-20-8-10-21(11-9-20)16-7-5-4-6-15(16)18/h4-7,13-14H,8-12H2,1-3H3,(H,19,22)/p+1/t14-/m1/s1.